The Morgan fingerprint density at radius 2 is 0.714 bits per heavy atom. The molecular weight excluding hydrogens is 562 g/mol. The quantitative estimate of drug-likeness (QED) is 0.0660. The first-order valence-electron chi connectivity index (χ1n) is 17.7. The Hall–Kier alpha value is -0.110. The Morgan fingerprint density at radius 1 is 0.476 bits per heavy atom. The van der Waals surface area contributed by atoms with Gasteiger partial charge in [0, 0.05) is 24.6 Å². The molecule has 0 heterocycles. The molecule has 0 radical (unpaired) electrons. The highest BCUT2D eigenvalue weighted by Gasteiger charge is 2.50. The zero-order valence-electron chi connectivity index (χ0n) is 29.1. The summed E-state index contributed by atoms with van der Waals surface area (Å²) < 4.78 is 30.1. The molecule has 0 amide bonds. The summed E-state index contributed by atoms with van der Waals surface area (Å²) in [5, 5.41) is 20.2. The predicted octanol–water partition coefficient (Wildman–Crippen LogP) is 11.3. The van der Waals surface area contributed by atoms with Crippen LogP contribution in [0.25, 0.3) is 0 Å². The number of carboxylic acid groups (broad SMARTS) is 1. The van der Waals surface area contributed by atoms with Crippen LogP contribution in [0.2, 0.25) is 0 Å². The second-order valence-electron chi connectivity index (χ2n) is 15.0. The summed E-state index contributed by atoms with van der Waals surface area (Å²) >= 11 is 0. The Balaban J connectivity index is 6.15. The molecule has 1 unspecified atom stereocenters. The van der Waals surface area contributed by atoms with Gasteiger partial charge in [-0.1, -0.05) is 132 Å². The minimum atomic E-state index is -3.23. The van der Waals surface area contributed by atoms with E-state index >= 15 is 9.13 Å². The van der Waals surface area contributed by atoms with E-state index in [1.807, 2.05) is 0 Å². The average molecular weight is 635 g/mol. The standard InChI is InChI=1S/C35H72O5P2/c1-29(2)21-13-9-17-25-41(39,26-18-10-14-22-30(3)4)35(33(36)34(37)38)42(40,27-19-11-15-23-31(5)6)28-20-12-16-24-32(7)8/h29-33,35-36H,9-28H2,1-8H3,(H,37,38). The van der Waals surface area contributed by atoms with E-state index < -0.39 is 31.8 Å². The van der Waals surface area contributed by atoms with Crippen LogP contribution < -0.4 is 0 Å². The molecule has 0 saturated heterocycles. The highest BCUT2D eigenvalue weighted by atomic mass is 31.2. The van der Waals surface area contributed by atoms with Gasteiger partial charge in [-0.2, -0.15) is 0 Å². The second-order valence-corrected chi connectivity index (χ2v) is 22.1. The van der Waals surface area contributed by atoms with Crippen LogP contribution in [0.5, 0.6) is 0 Å². The lowest BCUT2D eigenvalue weighted by Crippen LogP contribution is -2.36. The van der Waals surface area contributed by atoms with Crippen LogP contribution in [0.4, 0.5) is 0 Å². The lowest BCUT2D eigenvalue weighted by Gasteiger charge is -2.36. The molecule has 7 heteroatoms. The number of hydrogen-bond donors (Lipinski definition) is 2. The first kappa shape index (κ1) is 41.9. The smallest absolute Gasteiger partial charge is 0.333 e. The molecule has 0 aromatic rings. The number of aliphatic hydroxyl groups excluding tert-OH is 1. The lowest BCUT2D eigenvalue weighted by atomic mass is 10.1. The van der Waals surface area contributed by atoms with Crippen LogP contribution in [-0.4, -0.2) is 52.3 Å². The molecule has 0 bridgehead atoms. The maximum atomic E-state index is 15.1. The van der Waals surface area contributed by atoms with Gasteiger partial charge in [0.2, 0.25) is 0 Å². The second kappa shape index (κ2) is 23.3. The van der Waals surface area contributed by atoms with Gasteiger partial charge >= 0.3 is 5.97 Å². The van der Waals surface area contributed by atoms with Crippen LogP contribution in [0.1, 0.15) is 158 Å². The number of aliphatic hydroxyl groups is 1. The highest BCUT2D eigenvalue weighted by molar-refractivity contribution is 7.82. The van der Waals surface area contributed by atoms with Crippen molar-refractivity contribution < 1.29 is 24.1 Å². The molecule has 42 heavy (non-hydrogen) atoms. The van der Waals surface area contributed by atoms with Gasteiger partial charge < -0.3 is 19.3 Å². The van der Waals surface area contributed by atoms with E-state index in [1.54, 1.807) is 0 Å². The Morgan fingerprint density at radius 3 is 0.905 bits per heavy atom. The molecule has 0 fully saturated rings. The summed E-state index contributed by atoms with van der Waals surface area (Å²) in [7, 11) is -6.45. The monoisotopic (exact) mass is 634 g/mol. The number of hydrogen-bond acceptors (Lipinski definition) is 4. The minimum Gasteiger partial charge on any atom is -0.479 e. The maximum Gasteiger partial charge on any atom is 0.333 e. The van der Waals surface area contributed by atoms with E-state index in [0.29, 0.717) is 48.3 Å². The molecule has 1 atom stereocenters. The van der Waals surface area contributed by atoms with Crippen molar-refractivity contribution in [3.05, 3.63) is 0 Å². The first-order valence-corrected chi connectivity index (χ1v) is 22.0. The van der Waals surface area contributed by atoms with Gasteiger partial charge in [0.05, 0.1) is 0 Å². The molecule has 0 rings (SSSR count). The third-order valence-electron chi connectivity index (χ3n) is 8.77. The largest absolute Gasteiger partial charge is 0.479 e. The molecule has 0 aliphatic rings. The molecular formula is C35H72O5P2. The molecule has 5 nitrogen and oxygen atoms in total. The van der Waals surface area contributed by atoms with Crippen LogP contribution in [0, 0.1) is 23.7 Å². The average Bonchev–Trinajstić information content (AvgIpc) is 2.87. The van der Waals surface area contributed by atoms with Crippen molar-refractivity contribution in [1.29, 1.82) is 0 Å². The predicted molar refractivity (Wildman–Crippen MR) is 185 cm³/mol. The van der Waals surface area contributed by atoms with Gasteiger partial charge in [-0.05, 0) is 49.4 Å². The van der Waals surface area contributed by atoms with E-state index in [0.717, 1.165) is 103 Å². The molecule has 2 N–H and O–H groups in total. The van der Waals surface area contributed by atoms with E-state index in [2.05, 4.69) is 55.4 Å². The normalized spacial score (nSPS) is 13.8. The fraction of sp³-hybridized carbons (Fsp3) is 0.971. The minimum absolute atomic E-state index is 0.412. The molecule has 0 aromatic heterocycles. The molecule has 252 valence electrons. The van der Waals surface area contributed by atoms with Crippen molar-refractivity contribution in [3.63, 3.8) is 0 Å². The van der Waals surface area contributed by atoms with Crippen LogP contribution in [-0.2, 0) is 13.9 Å². The van der Waals surface area contributed by atoms with E-state index in [4.69, 9.17) is 0 Å². The van der Waals surface area contributed by atoms with E-state index in [1.165, 1.54) is 0 Å². The third-order valence-corrected chi connectivity index (χ3v) is 18.1. The fourth-order valence-corrected chi connectivity index (χ4v) is 16.5. The van der Waals surface area contributed by atoms with Crippen LogP contribution in [0.15, 0.2) is 0 Å². The van der Waals surface area contributed by atoms with Gasteiger partial charge in [0.25, 0.3) is 0 Å². The first-order chi connectivity index (χ1) is 19.6. The van der Waals surface area contributed by atoms with E-state index in [-0.39, 0.29) is 0 Å². The van der Waals surface area contributed by atoms with Crippen molar-refractivity contribution in [1.82, 2.24) is 0 Å². The summed E-state index contributed by atoms with van der Waals surface area (Å²) in [4.78, 5) is 12.3. The molecule has 0 spiro atoms. The molecule has 0 aliphatic heterocycles. The van der Waals surface area contributed by atoms with Crippen molar-refractivity contribution in [3.8, 4) is 0 Å². The number of carbonyl (C=O) groups is 1. The summed E-state index contributed by atoms with van der Waals surface area (Å²) in [5.74, 6) is 1.11. The summed E-state index contributed by atoms with van der Waals surface area (Å²) in [5.41, 5.74) is 0. The van der Waals surface area contributed by atoms with Crippen molar-refractivity contribution in [2.75, 3.05) is 24.6 Å². The summed E-state index contributed by atoms with van der Waals surface area (Å²) in [6.45, 7) is 17.7. The number of carboxylic acids is 1. The zero-order valence-corrected chi connectivity index (χ0v) is 30.9. The molecule has 0 aromatic carbocycles. The topological polar surface area (TPSA) is 91.7 Å². The number of rotatable bonds is 28. The molecule has 0 aliphatic carbocycles. The number of unbranched alkanes of at least 4 members (excludes halogenated alkanes) is 8. The third kappa shape index (κ3) is 19.3. The van der Waals surface area contributed by atoms with Crippen molar-refractivity contribution >= 4 is 20.3 Å². The van der Waals surface area contributed by atoms with Crippen molar-refractivity contribution in [2.24, 2.45) is 23.7 Å². The SMILES string of the molecule is CC(C)CCCCCP(=O)(CCCCCC(C)C)C(C(O)C(=O)O)P(=O)(CCCCCC(C)C)CCCCCC(C)C. The van der Waals surface area contributed by atoms with Gasteiger partial charge in [0.15, 0.2) is 6.10 Å². The Bertz CT molecular complexity index is 679. The van der Waals surface area contributed by atoms with Crippen molar-refractivity contribution in [2.45, 2.75) is 170 Å². The molecule has 0 saturated carbocycles. The van der Waals surface area contributed by atoms with Gasteiger partial charge in [-0.25, -0.2) is 4.79 Å². The Kier molecular flexibility index (Phi) is 23.2. The van der Waals surface area contributed by atoms with Gasteiger partial charge in [-0.15, -0.1) is 0 Å². The summed E-state index contributed by atoms with van der Waals surface area (Å²) in [6.07, 6.45) is 15.3. The highest BCUT2D eigenvalue weighted by Crippen LogP contribution is 2.70. The zero-order chi connectivity index (χ0) is 32.2. The van der Waals surface area contributed by atoms with Gasteiger partial charge in [0.1, 0.15) is 19.7 Å². The fourth-order valence-electron chi connectivity index (χ4n) is 6.21. The lowest BCUT2D eigenvalue weighted by molar-refractivity contribution is -0.145. The summed E-state index contributed by atoms with van der Waals surface area (Å²) in [6, 6.07) is 0. The Labute approximate surface area is 261 Å². The number of aliphatic carboxylic acids is 1. The van der Waals surface area contributed by atoms with Crippen LogP contribution in [0.3, 0.4) is 0 Å². The van der Waals surface area contributed by atoms with E-state index in [9.17, 15) is 15.0 Å². The van der Waals surface area contributed by atoms with Gasteiger partial charge in [-0.3, -0.25) is 0 Å². The van der Waals surface area contributed by atoms with Crippen LogP contribution >= 0.6 is 14.3 Å². The maximum absolute atomic E-state index is 15.1.